The van der Waals surface area contributed by atoms with E-state index in [2.05, 4.69) is 72.8 Å². The number of hydrogen-bond acceptors (Lipinski definition) is 5. The highest BCUT2D eigenvalue weighted by Gasteiger charge is 2.31. The molecule has 0 aromatic heterocycles. The molecule has 0 bridgehead atoms. The number of carbonyl (C=O) groups is 2. The van der Waals surface area contributed by atoms with Crippen LogP contribution in [0.25, 0.3) is 11.1 Å². The van der Waals surface area contributed by atoms with Gasteiger partial charge in [-0.25, -0.2) is 4.39 Å². The third-order valence-corrected chi connectivity index (χ3v) is 7.66. The number of amides is 2. The first kappa shape index (κ1) is 36.1. The lowest BCUT2D eigenvalue weighted by Crippen LogP contribution is -2.42. The van der Waals surface area contributed by atoms with Crippen LogP contribution in [0, 0.1) is 5.82 Å². The number of para-hydroxylation sites is 1. The Hall–Kier alpha value is -4.74. The molecule has 0 aliphatic carbocycles. The minimum Gasteiger partial charge on any atom is -0.490 e. The van der Waals surface area contributed by atoms with Crippen LogP contribution in [0.4, 0.5) is 23.2 Å². The van der Waals surface area contributed by atoms with Crippen molar-refractivity contribution in [3.8, 4) is 16.9 Å². The molecule has 0 saturated heterocycles. The van der Waals surface area contributed by atoms with Crippen molar-refractivity contribution < 1.29 is 37.0 Å². The maximum absolute atomic E-state index is 14.1. The van der Waals surface area contributed by atoms with Gasteiger partial charge in [-0.3, -0.25) is 9.59 Å². The van der Waals surface area contributed by atoms with Crippen molar-refractivity contribution in [3.63, 3.8) is 0 Å². The minimum absolute atomic E-state index is 0.147. The van der Waals surface area contributed by atoms with E-state index in [9.17, 15) is 32.3 Å². The highest BCUT2D eigenvalue weighted by atomic mass is 19.4. The molecule has 0 unspecified atom stereocenters. The molecular formula is C37H39F4N3O4. The summed E-state index contributed by atoms with van der Waals surface area (Å²) in [6, 6.07) is 25.4. The lowest BCUT2D eigenvalue weighted by Gasteiger charge is -2.31. The van der Waals surface area contributed by atoms with E-state index in [0.717, 1.165) is 12.6 Å². The van der Waals surface area contributed by atoms with E-state index in [1.165, 1.54) is 39.8 Å². The van der Waals surface area contributed by atoms with Gasteiger partial charge in [-0.05, 0) is 74.0 Å². The zero-order chi connectivity index (χ0) is 34.8. The van der Waals surface area contributed by atoms with Crippen LogP contribution in [0.3, 0.4) is 0 Å². The standard InChI is InChI=1S/C22H22F4N2O4.C15H17N/c1-13(12-29)28-8-3-9-32-20-16(21(28)31)4-2-5-18(20)27-19(30)10-14-6-7-15(11-17(14)23)22(24,25)26;1-16(2)12-13-8-10-15(11-9-13)14-6-4-3-5-7-14/h2,4-7,11,13,29H,3,8-10,12H2,1H3,(H,27,30);3-11H,12H2,1-2H3/t13-;/m0./s1. The van der Waals surface area contributed by atoms with Gasteiger partial charge in [-0.2, -0.15) is 13.2 Å². The Bertz CT molecular complexity index is 1680. The summed E-state index contributed by atoms with van der Waals surface area (Å²) in [6.45, 7) is 3.15. The van der Waals surface area contributed by atoms with Crippen molar-refractivity contribution in [1.82, 2.24) is 9.80 Å². The number of halogens is 4. The molecule has 11 heteroatoms. The number of hydrogen-bond donors (Lipinski definition) is 2. The second-order valence-electron chi connectivity index (χ2n) is 11.7. The summed E-state index contributed by atoms with van der Waals surface area (Å²) in [6.07, 6.45) is -4.68. The zero-order valence-corrected chi connectivity index (χ0v) is 27.1. The molecule has 1 aliphatic heterocycles. The highest BCUT2D eigenvalue weighted by Crippen LogP contribution is 2.33. The van der Waals surface area contributed by atoms with E-state index >= 15 is 0 Å². The van der Waals surface area contributed by atoms with E-state index in [0.29, 0.717) is 25.1 Å². The van der Waals surface area contributed by atoms with Gasteiger partial charge < -0.3 is 25.0 Å². The van der Waals surface area contributed by atoms with Gasteiger partial charge in [-0.1, -0.05) is 66.7 Å². The van der Waals surface area contributed by atoms with Gasteiger partial charge in [0, 0.05) is 13.1 Å². The number of aliphatic hydroxyl groups is 1. The summed E-state index contributed by atoms with van der Waals surface area (Å²) in [4.78, 5) is 29.1. The smallest absolute Gasteiger partial charge is 0.416 e. The number of carbonyl (C=O) groups excluding carboxylic acids is 2. The minimum atomic E-state index is -4.69. The van der Waals surface area contributed by atoms with Crippen molar-refractivity contribution >= 4 is 17.5 Å². The first-order valence-electron chi connectivity index (χ1n) is 15.5. The van der Waals surface area contributed by atoms with E-state index in [4.69, 9.17) is 4.74 Å². The molecule has 5 rings (SSSR count). The van der Waals surface area contributed by atoms with Crippen LogP contribution in [-0.2, 0) is 23.9 Å². The first-order chi connectivity index (χ1) is 22.9. The molecule has 7 nitrogen and oxygen atoms in total. The Labute approximate surface area is 277 Å². The average Bonchev–Trinajstić information content (AvgIpc) is 3.05. The number of nitrogens with zero attached hydrogens (tertiary/aromatic N) is 2. The largest absolute Gasteiger partial charge is 0.490 e. The van der Waals surface area contributed by atoms with Crippen molar-refractivity contribution in [2.75, 3.05) is 39.2 Å². The SMILES string of the molecule is CN(C)Cc1ccc(-c2ccccc2)cc1.C[C@@H](CO)N1CCCOc2c(NC(=O)Cc3ccc(C(F)(F)F)cc3F)cccc2C1=O. The molecule has 1 atom stereocenters. The molecule has 1 heterocycles. The molecule has 4 aromatic carbocycles. The Kier molecular flexibility index (Phi) is 12.3. The second-order valence-corrected chi connectivity index (χ2v) is 11.7. The van der Waals surface area contributed by atoms with Crippen molar-refractivity contribution in [2.45, 2.75) is 38.5 Å². The lowest BCUT2D eigenvalue weighted by molar-refractivity contribution is -0.137. The molecule has 0 fully saturated rings. The Morgan fingerprint density at radius 1 is 0.979 bits per heavy atom. The van der Waals surface area contributed by atoms with Gasteiger partial charge in [0.1, 0.15) is 5.82 Å². The molecule has 0 radical (unpaired) electrons. The summed E-state index contributed by atoms with van der Waals surface area (Å²) in [5.74, 6) is -2.05. The second kappa shape index (κ2) is 16.4. The number of nitrogens with one attached hydrogen (secondary N) is 1. The third kappa shape index (κ3) is 9.65. The predicted molar refractivity (Wildman–Crippen MR) is 177 cm³/mol. The lowest BCUT2D eigenvalue weighted by atomic mass is 10.0. The topological polar surface area (TPSA) is 82.1 Å². The third-order valence-electron chi connectivity index (χ3n) is 7.66. The molecule has 0 spiro atoms. The van der Waals surface area contributed by atoms with Gasteiger partial charge in [-0.15, -0.1) is 0 Å². The van der Waals surface area contributed by atoms with Crippen molar-refractivity contribution in [3.05, 3.63) is 119 Å². The molecule has 254 valence electrons. The van der Waals surface area contributed by atoms with Crippen LogP contribution < -0.4 is 10.1 Å². The number of rotatable bonds is 8. The van der Waals surface area contributed by atoms with Crippen LogP contribution >= 0.6 is 0 Å². The summed E-state index contributed by atoms with van der Waals surface area (Å²) in [5, 5.41) is 12.0. The quantitative estimate of drug-likeness (QED) is 0.197. The molecule has 2 amide bonds. The number of benzene rings is 4. The van der Waals surface area contributed by atoms with E-state index in [1.54, 1.807) is 6.92 Å². The number of ether oxygens (including phenoxy) is 1. The molecule has 48 heavy (non-hydrogen) atoms. The monoisotopic (exact) mass is 665 g/mol. The van der Waals surface area contributed by atoms with Gasteiger partial charge in [0.25, 0.3) is 5.91 Å². The Morgan fingerprint density at radius 3 is 2.29 bits per heavy atom. The fourth-order valence-corrected chi connectivity index (χ4v) is 5.18. The Morgan fingerprint density at radius 2 is 1.67 bits per heavy atom. The maximum atomic E-state index is 14.1. The predicted octanol–water partition coefficient (Wildman–Crippen LogP) is 7.05. The molecule has 4 aromatic rings. The van der Waals surface area contributed by atoms with E-state index in [-0.39, 0.29) is 41.7 Å². The van der Waals surface area contributed by atoms with E-state index < -0.39 is 35.9 Å². The van der Waals surface area contributed by atoms with Crippen molar-refractivity contribution in [2.24, 2.45) is 0 Å². The van der Waals surface area contributed by atoms with Crippen LogP contribution in [0.2, 0.25) is 0 Å². The molecule has 2 N–H and O–H groups in total. The fourth-order valence-electron chi connectivity index (χ4n) is 5.18. The normalized spacial score (nSPS) is 13.8. The van der Waals surface area contributed by atoms with Crippen molar-refractivity contribution in [1.29, 1.82) is 0 Å². The van der Waals surface area contributed by atoms with Gasteiger partial charge in [0.05, 0.1) is 42.5 Å². The van der Waals surface area contributed by atoms with Gasteiger partial charge >= 0.3 is 6.18 Å². The zero-order valence-electron chi connectivity index (χ0n) is 27.1. The van der Waals surface area contributed by atoms with Gasteiger partial charge in [0.2, 0.25) is 5.91 Å². The fraction of sp³-hybridized carbons (Fsp3) is 0.297. The molecule has 1 aliphatic rings. The average molecular weight is 666 g/mol. The number of anilines is 1. The molecular weight excluding hydrogens is 626 g/mol. The summed E-state index contributed by atoms with van der Waals surface area (Å²) in [5.41, 5.74) is 2.95. The Balaban J connectivity index is 0.000000271. The van der Waals surface area contributed by atoms with Crippen LogP contribution in [0.1, 0.15) is 40.4 Å². The van der Waals surface area contributed by atoms with Crippen LogP contribution in [-0.4, -0.2) is 66.6 Å². The van der Waals surface area contributed by atoms with Crippen LogP contribution in [0.15, 0.2) is 91.0 Å². The number of aliphatic hydroxyl groups excluding tert-OH is 1. The maximum Gasteiger partial charge on any atom is 0.416 e. The summed E-state index contributed by atoms with van der Waals surface area (Å²) >= 11 is 0. The van der Waals surface area contributed by atoms with Gasteiger partial charge in [0.15, 0.2) is 5.75 Å². The number of alkyl halides is 3. The highest BCUT2D eigenvalue weighted by molar-refractivity contribution is 6.02. The van der Waals surface area contributed by atoms with E-state index in [1.807, 2.05) is 6.07 Å². The summed E-state index contributed by atoms with van der Waals surface area (Å²) in [7, 11) is 4.18. The first-order valence-corrected chi connectivity index (χ1v) is 15.5. The van der Waals surface area contributed by atoms with Crippen LogP contribution in [0.5, 0.6) is 5.75 Å². The molecule has 0 saturated carbocycles. The number of fused-ring (bicyclic) bond motifs is 1. The summed E-state index contributed by atoms with van der Waals surface area (Å²) < 4.78 is 57.9.